The van der Waals surface area contributed by atoms with Crippen molar-refractivity contribution in [3.05, 3.63) is 0 Å². The average molecular weight is 355 g/mol. The minimum atomic E-state index is -0.309. The van der Waals surface area contributed by atoms with Crippen LogP contribution in [-0.4, -0.2) is 25.2 Å². The van der Waals surface area contributed by atoms with E-state index in [4.69, 9.17) is 9.47 Å². The van der Waals surface area contributed by atoms with Crippen LogP contribution >= 0.6 is 0 Å². The number of unbranched alkanes of at least 4 members (excludes halogenated alkanes) is 1. The molecule has 0 aromatic heterocycles. The normalized spacial score (nSPS) is 20.7. The predicted octanol–water partition coefficient (Wildman–Crippen LogP) is 5.14. The Hall–Kier alpha value is -1.06. The summed E-state index contributed by atoms with van der Waals surface area (Å²) in [7, 11) is 0. The lowest BCUT2D eigenvalue weighted by molar-refractivity contribution is -0.163. The third-order valence-electron chi connectivity index (χ3n) is 4.96. The second-order valence-corrected chi connectivity index (χ2v) is 8.26. The average Bonchev–Trinajstić information content (AvgIpc) is 2.57. The van der Waals surface area contributed by atoms with Gasteiger partial charge in [0.25, 0.3) is 0 Å². The molecule has 0 bridgehead atoms. The molecule has 0 aromatic rings. The van der Waals surface area contributed by atoms with E-state index in [1.807, 2.05) is 0 Å². The smallest absolute Gasteiger partial charge is 0.309 e. The van der Waals surface area contributed by atoms with Crippen LogP contribution in [-0.2, 0) is 19.1 Å². The van der Waals surface area contributed by atoms with E-state index in [1.165, 1.54) is 0 Å². The van der Waals surface area contributed by atoms with Gasteiger partial charge in [0.05, 0.1) is 25.0 Å². The van der Waals surface area contributed by atoms with Crippen LogP contribution in [0.2, 0.25) is 0 Å². The van der Waals surface area contributed by atoms with E-state index in [-0.39, 0.29) is 23.8 Å². The van der Waals surface area contributed by atoms with Gasteiger partial charge in [0, 0.05) is 0 Å². The predicted molar refractivity (Wildman–Crippen MR) is 100 cm³/mol. The molecule has 0 saturated heterocycles. The summed E-state index contributed by atoms with van der Waals surface area (Å²) in [6, 6.07) is 0. The van der Waals surface area contributed by atoms with Crippen LogP contribution in [0, 0.1) is 23.7 Å². The number of rotatable bonds is 11. The monoisotopic (exact) mass is 354 g/mol. The van der Waals surface area contributed by atoms with Crippen LogP contribution in [0.25, 0.3) is 0 Å². The molecule has 146 valence electrons. The molecule has 2 unspecified atom stereocenters. The topological polar surface area (TPSA) is 52.6 Å². The highest BCUT2D eigenvalue weighted by molar-refractivity contribution is 5.82. The Morgan fingerprint density at radius 2 is 1.20 bits per heavy atom. The molecule has 0 amide bonds. The van der Waals surface area contributed by atoms with Crippen molar-refractivity contribution in [2.45, 2.75) is 85.5 Å². The summed E-state index contributed by atoms with van der Waals surface area (Å²) in [6.45, 7) is 9.66. The molecular formula is C21H38O4. The van der Waals surface area contributed by atoms with Crippen LogP contribution in [0.15, 0.2) is 0 Å². The summed E-state index contributed by atoms with van der Waals surface area (Å²) in [6.07, 6.45) is 8.56. The SMILES string of the molecule is CC(C)CCCCOC(=O)C1CCCCC1C(=O)OCCCC(C)C. The summed E-state index contributed by atoms with van der Waals surface area (Å²) in [5, 5.41) is 0. The fraction of sp³-hybridized carbons (Fsp3) is 0.905. The minimum absolute atomic E-state index is 0.201. The second kappa shape index (κ2) is 12.3. The Kier molecular flexibility index (Phi) is 10.8. The molecule has 4 heteroatoms. The number of carbonyl (C=O) groups is 2. The molecule has 0 N–H and O–H groups in total. The van der Waals surface area contributed by atoms with Crippen molar-refractivity contribution in [1.29, 1.82) is 0 Å². The van der Waals surface area contributed by atoms with Crippen LogP contribution < -0.4 is 0 Å². The van der Waals surface area contributed by atoms with E-state index in [1.54, 1.807) is 0 Å². The Morgan fingerprint density at radius 3 is 1.68 bits per heavy atom. The maximum Gasteiger partial charge on any atom is 0.309 e. The fourth-order valence-electron chi connectivity index (χ4n) is 3.40. The standard InChI is InChI=1S/C21H38O4/c1-16(2)10-7-8-14-24-20(22)18-12-5-6-13-19(18)21(23)25-15-9-11-17(3)4/h16-19H,5-15H2,1-4H3. The molecule has 0 heterocycles. The number of ether oxygens (including phenoxy) is 2. The van der Waals surface area contributed by atoms with Gasteiger partial charge < -0.3 is 9.47 Å². The van der Waals surface area contributed by atoms with Crippen LogP contribution in [0.1, 0.15) is 85.5 Å². The minimum Gasteiger partial charge on any atom is -0.465 e. The zero-order valence-corrected chi connectivity index (χ0v) is 16.7. The van der Waals surface area contributed by atoms with Crippen molar-refractivity contribution in [3.8, 4) is 0 Å². The highest BCUT2D eigenvalue weighted by Crippen LogP contribution is 2.32. The first kappa shape index (κ1) is 22.0. The van der Waals surface area contributed by atoms with E-state index in [9.17, 15) is 9.59 Å². The third kappa shape index (κ3) is 9.27. The van der Waals surface area contributed by atoms with Crippen LogP contribution in [0.4, 0.5) is 0 Å². The quantitative estimate of drug-likeness (QED) is 0.381. The lowest BCUT2D eigenvalue weighted by Gasteiger charge is -2.28. The van der Waals surface area contributed by atoms with Crippen molar-refractivity contribution < 1.29 is 19.1 Å². The van der Waals surface area contributed by atoms with Gasteiger partial charge in [0.15, 0.2) is 0 Å². The molecule has 1 fully saturated rings. The first-order valence-corrected chi connectivity index (χ1v) is 10.2. The maximum atomic E-state index is 12.4. The summed E-state index contributed by atoms with van der Waals surface area (Å²) in [5.41, 5.74) is 0. The van der Waals surface area contributed by atoms with Gasteiger partial charge in [0.1, 0.15) is 0 Å². The number of hydrogen-bond acceptors (Lipinski definition) is 4. The lowest BCUT2D eigenvalue weighted by Crippen LogP contribution is -2.35. The van der Waals surface area contributed by atoms with Gasteiger partial charge in [-0.25, -0.2) is 0 Å². The number of esters is 2. The third-order valence-corrected chi connectivity index (χ3v) is 4.96. The molecular weight excluding hydrogens is 316 g/mol. The number of carbonyl (C=O) groups excluding carboxylic acids is 2. The van der Waals surface area contributed by atoms with Gasteiger partial charge in [-0.15, -0.1) is 0 Å². The zero-order chi connectivity index (χ0) is 18.7. The van der Waals surface area contributed by atoms with Crippen molar-refractivity contribution in [2.24, 2.45) is 23.7 Å². The summed E-state index contributed by atoms with van der Waals surface area (Å²) < 4.78 is 10.9. The first-order valence-electron chi connectivity index (χ1n) is 10.2. The van der Waals surface area contributed by atoms with E-state index in [0.717, 1.165) is 57.8 Å². The van der Waals surface area contributed by atoms with Gasteiger partial charge in [-0.1, -0.05) is 47.0 Å². The fourth-order valence-corrected chi connectivity index (χ4v) is 3.40. The Morgan fingerprint density at radius 1 is 0.760 bits per heavy atom. The molecule has 1 saturated carbocycles. The molecule has 1 aliphatic carbocycles. The largest absolute Gasteiger partial charge is 0.465 e. The molecule has 2 atom stereocenters. The lowest BCUT2D eigenvalue weighted by atomic mass is 9.79. The molecule has 0 aromatic carbocycles. The molecule has 25 heavy (non-hydrogen) atoms. The zero-order valence-electron chi connectivity index (χ0n) is 16.7. The molecule has 4 nitrogen and oxygen atoms in total. The van der Waals surface area contributed by atoms with Crippen molar-refractivity contribution in [3.63, 3.8) is 0 Å². The Balaban J connectivity index is 2.36. The summed E-state index contributed by atoms with van der Waals surface area (Å²) >= 11 is 0. The molecule has 1 rings (SSSR count). The first-order chi connectivity index (χ1) is 11.9. The van der Waals surface area contributed by atoms with Crippen LogP contribution in [0.5, 0.6) is 0 Å². The molecule has 1 aliphatic rings. The Bertz CT molecular complexity index is 389. The number of hydrogen-bond donors (Lipinski definition) is 0. The van der Waals surface area contributed by atoms with Gasteiger partial charge in [-0.3, -0.25) is 9.59 Å². The molecule has 0 aliphatic heterocycles. The van der Waals surface area contributed by atoms with E-state index in [2.05, 4.69) is 27.7 Å². The highest BCUT2D eigenvalue weighted by Gasteiger charge is 2.37. The summed E-state index contributed by atoms with van der Waals surface area (Å²) in [4.78, 5) is 24.8. The molecule has 0 radical (unpaired) electrons. The van der Waals surface area contributed by atoms with E-state index in [0.29, 0.717) is 25.0 Å². The maximum absolute atomic E-state index is 12.4. The Labute approximate surface area is 154 Å². The van der Waals surface area contributed by atoms with E-state index < -0.39 is 0 Å². The molecule has 0 spiro atoms. The van der Waals surface area contributed by atoms with E-state index >= 15 is 0 Å². The highest BCUT2D eigenvalue weighted by atomic mass is 16.5. The second-order valence-electron chi connectivity index (χ2n) is 8.26. The van der Waals surface area contributed by atoms with Crippen LogP contribution in [0.3, 0.4) is 0 Å². The summed E-state index contributed by atoms with van der Waals surface area (Å²) in [5.74, 6) is 0.279. The van der Waals surface area contributed by atoms with Gasteiger partial charge >= 0.3 is 11.9 Å². The van der Waals surface area contributed by atoms with Gasteiger partial charge in [-0.2, -0.15) is 0 Å². The van der Waals surface area contributed by atoms with Crippen molar-refractivity contribution in [1.82, 2.24) is 0 Å². The van der Waals surface area contributed by atoms with Crippen molar-refractivity contribution in [2.75, 3.05) is 13.2 Å². The van der Waals surface area contributed by atoms with Crippen molar-refractivity contribution >= 4 is 11.9 Å². The van der Waals surface area contributed by atoms with Gasteiger partial charge in [0.2, 0.25) is 0 Å². The van der Waals surface area contributed by atoms with Gasteiger partial charge in [-0.05, 0) is 50.4 Å².